The maximum absolute atomic E-state index is 12.0. The molecule has 2 N–H and O–H groups in total. The lowest BCUT2D eigenvalue weighted by Crippen LogP contribution is -2.54. The molecule has 1 rings (SSSR count). The average Bonchev–Trinajstić information content (AvgIpc) is 2.09. The third kappa shape index (κ3) is 3.21. The molecule has 0 aromatic rings. The van der Waals surface area contributed by atoms with E-state index in [2.05, 4.69) is 13.8 Å². The lowest BCUT2D eigenvalue weighted by atomic mass is 9.72. The van der Waals surface area contributed by atoms with Crippen molar-refractivity contribution in [3.63, 3.8) is 0 Å². The minimum Gasteiger partial charge on any atom is -0.459 e. The summed E-state index contributed by atoms with van der Waals surface area (Å²) in [6.45, 7) is 10.0. The standard InChI is InChI=1S/C13H25NO2/c1-9-6-7-13(14,8-10(9)2)11(15)16-12(3,4)5/h9-10H,6-8,14H2,1-5H3. The Bertz CT molecular complexity index is 270. The van der Waals surface area contributed by atoms with E-state index in [0.29, 0.717) is 11.8 Å². The topological polar surface area (TPSA) is 52.3 Å². The van der Waals surface area contributed by atoms with Gasteiger partial charge in [-0.2, -0.15) is 0 Å². The molecule has 0 heterocycles. The van der Waals surface area contributed by atoms with Crippen LogP contribution in [-0.2, 0) is 9.53 Å². The van der Waals surface area contributed by atoms with Crippen LogP contribution >= 0.6 is 0 Å². The van der Waals surface area contributed by atoms with Crippen molar-refractivity contribution in [3.8, 4) is 0 Å². The summed E-state index contributed by atoms with van der Waals surface area (Å²) >= 11 is 0. The van der Waals surface area contributed by atoms with Crippen molar-refractivity contribution in [1.29, 1.82) is 0 Å². The Labute approximate surface area is 98.7 Å². The maximum atomic E-state index is 12.0. The van der Waals surface area contributed by atoms with Crippen molar-refractivity contribution in [2.45, 2.75) is 65.0 Å². The van der Waals surface area contributed by atoms with Crippen LogP contribution in [-0.4, -0.2) is 17.1 Å². The zero-order chi connectivity index (χ0) is 12.6. The number of ether oxygens (including phenoxy) is 1. The minimum atomic E-state index is -0.765. The smallest absolute Gasteiger partial charge is 0.326 e. The van der Waals surface area contributed by atoms with Gasteiger partial charge in [0.1, 0.15) is 11.1 Å². The second kappa shape index (κ2) is 4.36. The Morgan fingerprint density at radius 1 is 1.31 bits per heavy atom. The number of nitrogens with two attached hydrogens (primary N) is 1. The second-order valence-corrected chi connectivity index (χ2v) is 6.36. The van der Waals surface area contributed by atoms with Crippen LogP contribution in [0.1, 0.15) is 53.9 Å². The van der Waals surface area contributed by atoms with Crippen LogP contribution in [0.2, 0.25) is 0 Å². The predicted octanol–water partition coefficient (Wildman–Crippen LogP) is 2.48. The van der Waals surface area contributed by atoms with Crippen molar-refractivity contribution in [2.75, 3.05) is 0 Å². The molecule has 1 aliphatic carbocycles. The normalized spacial score (nSPS) is 35.9. The molecule has 0 saturated heterocycles. The van der Waals surface area contributed by atoms with Crippen molar-refractivity contribution in [1.82, 2.24) is 0 Å². The molecule has 0 amide bonds. The lowest BCUT2D eigenvalue weighted by molar-refractivity contribution is -0.164. The summed E-state index contributed by atoms with van der Waals surface area (Å²) < 4.78 is 5.40. The molecule has 3 unspecified atom stereocenters. The first-order valence-corrected chi connectivity index (χ1v) is 6.16. The molecule has 1 aliphatic rings. The predicted molar refractivity (Wildman–Crippen MR) is 64.9 cm³/mol. The SMILES string of the molecule is CC1CCC(N)(C(=O)OC(C)(C)C)CC1C. The summed E-state index contributed by atoms with van der Waals surface area (Å²) in [7, 11) is 0. The van der Waals surface area contributed by atoms with Gasteiger partial charge in [0, 0.05) is 0 Å². The van der Waals surface area contributed by atoms with Crippen molar-refractivity contribution in [2.24, 2.45) is 17.6 Å². The van der Waals surface area contributed by atoms with Gasteiger partial charge >= 0.3 is 5.97 Å². The highest BCUT2D eigenvalue weighted by molar-refractivity contribution is 5.81. The Hall–Kier alpha value is -0.570. The number of hydrogen-bond donors (Lipinski definition) is 1. The van der Waals surface area contributed by atoms with Gasteiger partial charge in [-0.05, 0) is 51.9 Å². The molecule has 16 heavy (non-hydrogen) atoms. The van der Waals surface area contributed by atoms with Crippen molar-refractivity contribution >= 4 is 5.97 Å². The molecule has 0 spiro atoms. The van der Waals surface area contributed by atoms with Gasteiger partial charge in [0.05, 0.1) is 0 Å². The molecular formula is C13H25NO2. The first-order chi connectivity index (χ1) is 7.14. The molecule has 0 aromatic carbocycles. The Morgan fingerprint density at radius 3 is 2.31 bits per heavy atom. The molecule has 3 heteroatoms. The van der Waals surface area contributed by atoms with Crippen LogP contribution in [0, 0.1) is 11.8 Å². The lowest BCUT2D eigenvalue weighted by Gasteiger charge is -2.39. The second-order valence-electron chi connectivity index (χ2n) is 6.36. The summed E-state index contributed by atoms with van der Waals surface area (Å²) in [6, 6.07) is 0. The Balaban J connectivity index is 2.68. The summed E-state index contributed by atoms with van der Waals surface area (Å²) in [4.78, 5) is 12.0. The molecule has 1 fully saturated rings. The first kappa shape index (κ1) is 13.5. The van der Waals surface area contributed by atoms with Gasteiger partial charge < -0.3 is 10.5 Å². The third-order valence-corrected chi connectivity index (χ3v) is 3.51. The van der Waals surface area contributed by atoms with Gasteiger partial charge in [-0.3, -0.25) is 4.79 Å². The van der Waals surface area contributed by atoms with Crippen molar-refractivity contribution in [3.05, 3.63) is 0 Å². The van der Waals surface area contributed by atoms with E-state index in [1.165, 1.54) is 0 Å². The zero-order valence-electron chi connectivity index (χ0n) is 11.2. The van der Waals surface area contributed by atoms with E-state index < -0.39 is 11.1 Å². The summed E-state index contributed by atoms with van der Waals surface area (Å²) in [5, 5.41) is 0. The third-order valence-electron chi connectivity index (χ3n) is 3.51. The Kier molecular flexibility index (Phi) is 3.68. The van der Waals surface area contributed by atoms with Crippen LogP contribution in [0.4, 0.5) is 0 Å². The number of rotatable bonds is 1. The maximum Gasteiger partial charge on any atom is 0.326 e. The quantitative estimate of drug-likeness (QED) is 0.700. The summed E-state index contributed by atoms with van der Waals surface area (Å²) in [5.74, 6) is 0.907. The van der Waals surface area contributed by atoms with Crippen LogP contribution in [0.3, 0.4) is 0 Å². The molecular weight excluding hydrogens is 202 g/mol. The van der Waals surface area contributed by atoms with E-state index >= 15 is 0 Å². The molecule has 1 saturated carbocycles. The molecule has 3 nitrogen and oxygen atoms in total. The van der Waals surface area contributed by atoms with E-state index in [9.17, 15) is 4.79 Å². The van der Waals surface area contributed by atoms with E-state index in [1.807, 2.05) is 20.8 Å². The fourth-order valence-electron chi connectivity index (χ4n) is 2.21. The summed E-state index contributed by atoms with van der Waals surface area (Å²) in [6.07, 6.45) is 2.49. The number of carbonyl (C=O) groups excluding carboxylic acids is 1. The minimum absolute atomic E-state index is 0.237. The van der Waals surface area contributed by atoms with Gasteiger partial charge in [-0.15, -0.1) is 0 Å². The first-order valence-electron chi connectivity index (χ1n) is 6.16. The van der Waals surface area contributed by atoms with E-state index in [4.69, 9.17) is 10.5 Å². The molecule has 0 aromatic heterocycles. The highest BCUT2D eigenvalue weighted by Crippen LogP contribution is 2.36. The average molecular weight is 227 g/mol. The van der Waals surface area contributed by atoms with Gasteiger partial charge in [0.15, 0.2) is 0 Å². The molecule has 3 atom stereocenters. The van der Waals surface area contributed by atoms with Gasteiger partial charge in [0.25, 0.3) is 0 Å². The zero-order valence-corrected chi connectivity index (χ0v) is 11.2. The number of carbonyl (C=O) groups is 1. The van der Waals surface area contributed by atoms with E-state index in [0.717, 1.165) is 19.3 Å². The molecule has 0 bridgehead atoms. The molecule has 0 radical (unpaired) electrons. The van der Waals surface area contributed by atoms with Crippen LogP contribution in [0.25, 0.3) is 0 Å². The number of esters is 1. The van der Waals surface area contributed by atoms with Crippen LogP contribution in [0.5, 0.6) is 0 Å². The molecule has 0 aliphatic heterocycles. The Morgan fingerprint density at radius 2 is 1.88 bits per heavy atom. The van der Waals surface area contributed by atoms with Gasteiger partial charge in [-0.1, -0.05) is 13.8 Å². The number of hydrogen-bond acceptors (Lipinski definition) is 3. The fourth-order valence-corrected chi connectivity index (χ4v) is 2.21. The van der Waals surface area contributed by atoms with Crippen LogP contribution in [0.15, 0.2) is 0 Å². The highest BCUT2D eigenvalue weighted by Gasteiger charge is 2.42. The van der Waals surface area contributed by atoms with E-state index in [1.54, 1.807) is 0 Å². The van der Waals surface area contributed by atoms with Gasteiger partial charge in [-0.25, -0.2) is 0 Å². The van der Waals surface area contributed by atoms with Crippen LogP contribution < -0.4 is 5.73 Å². The monoisotopic (exact) mass is 227 g/mol. The highest BCUT2D eigenvalue weighted by atomic mass is 16.6. The van der Waals surface area contributed by atoms with Crippen molar-refractivity contribution < 1.29 is 9.53 Å². The van der Waals surface area contributed by atoms with E-state index in [-0.39, 0.29) is 5.97 Å². The summed E-state index contributed by atoms with van der Waals surface area (Å²) in [5.41, 5.74) is 4.97. The fraction of sp³-hybridized carbons (Fsp3) is 0.923. The largest absolute Gasteiger partial charge is 0.459 e. The van der Waals surface area contributed by atoms with Gasteiger partial charge in [0.2, 0.25) is 0 Å². The molecule has 94 valence electrons.